The molecule has 22 heavy (non-hydrogen) atoms. The molecule has 1 N–H and O–H groups in total. The van der Waals surface area contributed by atoms with Crippen molar-refractivity contribution in [2.75, 3.05) is 11.4 Å². The van der Waals surface area contributed by atoms with E-state index in [-0.39, 0.29) is 17.9 Å². The van der Waals surface area contributed by atoms with Crippen LogP contribution in [0.3, 0.4) is 0 Å². The molecule has 1 saturated heterocycles. The minimum absolute atomic E-state index is 0.000633. The lowest BCUT2D eigenvalue weighted by Gasteiger charge is -2.17. The van der Waals surface area contributed by atoms with Crippen LogP contribution in [0.1, 0.15) is 16.8 Å². The van der Waals surface area contributed by atoms with E-state index in [0.717, 1.165) is 5.69 Å². The standard InChI is InChI=1S/C17H15ClN2O2/c18-13-6-8-15(9-7-13)20-11-14(10-16(20)21)19-17(22)12-4-2-1-3-5-12/h1-9,14H,10-11H2,(H,19,22)/t14-/m0/s1. The lowest BCUT2D eigenvalue weighted by Crippen LogP contribution is -2.37. The highest BCUT2D eigenvalue weighted by Gasteiger charge is 2.31. The van der Waals surface area contributed by atoms with E-state index < -0.39 is 0 Å². The normalized spacial score (nSPS) is 17.6. The summed E-state index contributed by atoms with van der Waals surface area (Å²) in [5, 5.41) is 3.54. The molecule has 0 aromatic heterocycles. The molecule has 0 aliphatic carbocycles. The Kier molecular flexibility index (Phi) is 4.11. The van der Waals surface area contributed by atoms with E-state index >= 15 is 0 Å². The molecule has 4 nitrogen and oxygen atoms in total. The van der Waals surface area contributed by atoms with E-state index in [4.69, 9.17) is 11.6 Å². The van der Waals surface area contributed by atoms with Gasteiger partial charge < -0.3 is 10.2 Å². The first-order chi connectivity index (χ1) is 10.6. The number of amides is 2. The molecule has 1 atom stereocenters. The van der Waals surface area contributed by atoms with Crippen LogP contribution in [0.25, 0.3) is 0 Å². The Morgan fingerprint density at radius 1 is 1.09 bits per heavy atom. The number of nitrogens with zero attached hydrogens (tertiary/aromatic N) is 1. The van der Waals surface area contributed by atoms with E-state index in [1.165, 1.54) is 0 Å². The predicted octanol–water partition coefficient (Wildman–Crippen LogP) is 2.88. The first-order valence-corrected chi connectivity index (χ1v) is 7.43. The maximum absolute atomic E-state index is 12.1. The van der Waals surface area contributed by atoms with Crippen molar-refractivity contribution in [1.82, 2.24) is 5.32 Å². The SMILES string of the molecule is O=C(N[C@H]1CC(=O)N(c2ccc(Cl)cc2)C1)c1ccccc1. The van der Waals surface area contributed by atoms with Crippen LogP contribution in [-0.4, -0.2) is 24.4 Å². The number of anilines is 1. The third-order valence-electron chi connectivity index (χ3n) is 3.63. The molecule has 1 heterocycles. The van der Waals surface area contributed by atoms with Gasteiger partial charge in [-0.1, -0.05) is 29.8 Å². The van der Waals surface area contributed by atoms with Crippen LogP contribution in [0.5, 0.6) is 0 Å². The van der Waals surface area contributed by atoms with Crippen molar-refractivity contribution >= 4 is 29.1 Å². The number of hydrogen-bond acceptors (Lipinski definition) is 2. The van der Waals surface area contributed by atoms with Crippen molar-refractivity contribution in [3.63, 3.8) is 0 Å². The second kappa shape index (κ2) is 6.20. The van der Waals surface area contributed by atoms with Gasteiger partial charge in [-0.25, -0.2) is 0 Å². The lowest BCUT2D eigenvalue weighted by atomic mass is 10.2. The van der Waals surface area contributed by atoms with Crippen LogP contribution in [0, 0.1) is 0 Å². The second-order valence-corrected chi connectivity index (χ2v) is 5.66. The Bertz CT molecular complexity index is 686. The fraction of sp³-hybridized carbons (Fsp3) is 0.176. The van der Waals surface area contributed by atoms with Gasteiger partial charge in [-0.2, -0.15) is 0 Å². The molecular formula is C17H15ClN2O2. The number of nitrogens with one attached hydrogen (secondary N) is 1. The third kappa shape index (κ3) is 3.12. The molecule has 1 fully saturated rings. The molecule has 5 heteroatoms. The average molecular weight is 315 g/mol. The minimum atomic E-state index is -0.184. The van der Waals surface area contributed by atoms with Crippen molar-refractivity contribution in [2.45, 2.75) is 12.5 Å². The molecule has 0 bridgehead atoms. The number of carbonyl (C=O) groups is 2. The summed E-state index contributed by atoms with van der Waals surface area (Å²) in [6.07, 6.45) is 0.307. The zero-order chi connectivity index (χ0) is 15.5. The Hall–Kier alpha value is -2.33. The largest absolute Gasteiger partial charge is 0.347 e. The number of halogens is 1. The Morgan fingerprint density at radius 2 is 1.77 bits per heavy atom. The van der Waals surface area contributed by atoms with E-state index in [9.17, 15) is 9.59 Å². The second-order valence-electron chi connectivity index (χ2n) is 5.22. The maximum Gasteiger partial charge on any atom is 0.251 e. The summed E-state index contributed by atoms with van der Waals surface area (Å²) in [6.45, 7) is 0.471. The minimum Gasteiger partial charge on any atom is -0.347 e. The first kappa shape index (κ1) is 14.6. The third-order valence-corrected chi connectivity index (χ3v) is 3.89. The van der Waals surface area contributed by atoms with Crippen LogP contribution < -0.4 is 10.2 Å². The maximum atomic E-state index is 12.1. The van der Waals surface area contributed by atoms with Gasteiger partial charge in [0.2, 0.25) is 5.91 Å². The van der Waals surface area contributed by atoms with Crippen LogP contribution in [0.4, 0.5) is 5.69 Å². The fourth-order valence-electron chi connectivity index (χ4n) is 2.53. The van der Waals surface area contributed by atoms with Crippen molar-refractivity contribution in [3.8, 4) is 0 Å². The van der Waals surface area contributed by atoms with Crippen molar-refractivity contribution < 1.29 is 9.59 Å². The van der Waals surface area contributed by atoms with Gasteiger partial charge in [0, 0.05) is 29.2 Å². The summed E-state index contributed by atoms with van der Waals surface area (Å²) in [6, 6.07) is 15.9. The number of rotatable bonds is 3. The zero-order valence-electron chi connectivity index (χ0n) is 11.8. The van der Waals surface area contributed by atoms with Crippen LogP contribution in [-0.2, 0) is 4.79 Å². The quantitative estimate of drug-likeness (QED) is 0.947. The molecule has 1 aliphatic rings. The van der Waals surface area contributed by atoms with E-state index in [1.54, 1.807) is 29.2 Å². The van der Waals surface area contributed by atoms with Gasteiger partial charge in [-0.3, -0.25) is 9.59 Å². The molecule has 112 valence electrons. The monoisotopic (exact) mass is 314 g/mol. The van der Waals surface area contributed by atoms with Gasteiger partial charge in [0.15, 0.2) is 0 Å². The Labute approximate surface area is 133 Å². The summed E-state index contributed by atoms with van der Waals surface area (Å²) < 4.78 is 0. The highest BCUT2D eigenvalue weighted by Crippen LogP contribution is 2.23. The summed E-state index contributed by atoms with van der Waals surface area (Å²) in [5.41, 5.74) is 1.39. The molecule has 3 rings (SSSR count). The smallest absolute Gasteiger partial charge is 0.251 e. The average Bonchev–Trinajstić information content (AvgIpc) is 2.89. The molecular weight excluding hydrogens is 300 g/mol. The molecule has 0 saturated carbocycles. The highest BCUT2D eigenvalue weighted by molar-refractivity contribution is 6.30. The zero-order valence-corrected chi connectivity index (χ0v) is 12.6. The Morgan fingerprint density at radius 3 is 2.45 bits per heavy atom. The molecule has 0 unspecified atom stereocenters. The molecule has 2 aromatic rings. The number of carbonyl (C=O) groups excluding carboxylic acids is 2. The van der Waals surface area contributed by atoms with Gasteiger partial charge in [-0.05, 0) is 36.4 Å². The summed E-state index contributed by atoms with van der Waals surface area (Å²) in [5.74, 6) is -0.156. The molecule has 0 spiro atoms. The summed E-state index contributed by atoms with van der Waals surface area (Å²) in [4.78, 5) is 25.9. The van der Waals surface area contributed by atoms with Crippen molar-refractivity contribution in [2.24, 2.45) is 0 Å². The van der Waals surface area contributed by atoms with Crippen LogP contribution in [0.15, 0.2) is 54.6 Å². The number of benzene rings is 2. The molecule has 2 amide bonds. The summed E-state index contributed by atoms with van der Waals surface area (Å²) in [7, 11) is 0. The molecule has 0 radical (unpaired) electrons. The first-order valence-electron chi connectivity index (χ1n) is 7.05. The molecule has 2 aromatic carbocycles. The Balaban J connectivity index is 1.67. The van der Waals surface area contributed by atoms with Crippen LogP contribution >= 0.6 is 11.6 Å². The van der Waals surface area contributed by atoms with Crippen molar-refractivity contribution in [1.29, 1.82) is 0 Å². The van der Waals surface area contributed by atoms with Gasteiger partial charge in [0.1, 0.15) is 0 Å². The topological polar surface area (TPSA) is 49.4 Å². The number of hydrogen-bond donors (Lipinski definition) is 1. The van der Waals surface area contributed by atoms with E-state index in [0.29, 0.717) is 23.6 Å². The lowest BCUT2D eigenvalue weighted by molar-refractivity contribution is -0.117. The van der Waals surface area contributed by atoms with Gasteiger partial charge in [-0.15, -0.1) is 0 Å². The van der Waals surface area contributed by atoms with Crippen molar-refractivity contribution in [3.05, 3.63) is 65.2 Å². The molecule has 1 aliphatic heterocycles. The predicted molar refractivity (Wildman–Crippen MR) is 86.1 cm³/mol. The van der Waals surface area contributed by atoms with E-state index in [1.807, 2.05) is 30.3 Å². The fourth-order valence-corrected chi connectivity index (χ4v) is 2.66. The van der Waals surface area contributed by atoms with E-state index in [2.05, 4.69) is 5.32 Å². The summed E-state index contributed by atoms with van der Waals surface area (Å²) >= 11 is 5.86. The highest BCUT2D eigenvalue weighted by atomic mass is 35.5. The van der Waals surface area contributed by atoms with Gasteiger partial charge in [0.25, 0.3) is 5.91 Å². The van der Waals surface area contributed by atoms with Crippen LogP contribution in [0.2, 0.25) is 5.02 Å². The van der Waals surface area contributed by atoms with Gasteiger partial charge >= 0.3 is 0 Å². The van der Waals surface area contributed by atoms with Gasteiger partial charge in [0.05, 0.1) is 6.04 Å².